The summed E-state index contributed by atoms with van der Waals surface area (Å²) in [7, 11) is 0. The zero-order chi connectivity index (χ0) is 11.4. The van der Waals surface area contributed by atoms with Gasteiger partial charge in [0.2, 0.25) is 0 Å². The SMILES string of the molecule is O=C(C(O)C(O)CO)C(O)(CO)CO. The van der Waals surface area contributed by atoms with Crippen molar-refractivity contribution in [3.8, 4) is 0 Å². The summed E-state index contributed by atoms with van der Waals surface area (Å²) in [6.07, 6.45) is -3.81. The Hall–Kier alpha value is -0.570. The third-order valence-corrected chi connectivity index (χ3v) is 1.80. The van der Waals surface area contributed by atoms with E-state index >= 15 is 0 Å². The summed E-state index contributed by atoms with van der Waals surface area (Å²) in [4.78, 5) is 11.1. The van der Waals surface area contributed by atoms with Crippen LogP contribution in [0.25, 0.3) is 0 Å². The summed E-state index contributed by atoms with van der Waals surface area (Å²) in [5.74, 6) is -1.34. The molecule has 0 aliphatic rings. The molecule has 0 aliphatic carbocycles. The maximum absolute atomic E-state index is 11.1. The van der Waals surface area contributed by atoms with Gasteiger partial charge in [-0.2, -0.15) is 0 Å². The molecular weight excluding hydrogens is 196 g/mol. The van der Waals surface area contributed by atoms with Crippen LogP contribution in [0.1, 0.15) is 0 Å². The minimum Gasteiger partial charge on any atom is -0.394 e. The number of carbonyl (C=O) groups is 1. The van der Waals surface area contributed by atoms with Crippen molar-refractivity contribution in [2.45, 2.75) is 17.8 Å². The predicted molar refractivity (Wildman–Crippen MR) is 43.2 cm³/mol. The molecule has 2 atom stereocenters. The third-order valence-electron chi connectivity index (χ3n) is 1.80. The van der Waals surface area contributed by atoms with Crippen molar-refractivity contribution in [3.05, 3.63) is 0 Å². The summed E-state index contributed by atoms with van der Waals surface area (Å²) in [6, 6.07) is 0. The summed E-state index contributed by atoms with van der Waals surface area (Å²) in [5, 5.41) is 52.7. The second-order valence-corrected chi connectivity index (χ2v) is 2.91. The van der Waals surface area contributed by atoms with E-state index in [9.17, 15) is 9.90 Å². The van der Waals surface area contributed by atoms with Crippen molar-refractivity contribution >= 4 is 5.78 Å². The molecule has 0 bridgehead atoms. The third kappa shape index (κ3) is 2.71. The van der Waals surface area contributed by atoms with Gasteiger partial charge in [-0.1, -0.05) is 0 Å². The first kappa shape index (κ1) is 13.4. The van der Waals surface area contributed by atoms with Crippen LogP contribution < -0.4 is 0 Å². The van der Waals surface area contributed by atoms with E-state index in [0.717, 1.165) is 0 Å². The lowest BCUT2D eigenvalue weighted by Gasteiger charge is -2.25. The molecule has 0 spiro atoms. The second kappa shape index (κ2) is 5.35. The van der Waals surface area contributed by atoms with Crippen molar-refractivity contribution < 1.29 is 35.4 Å². The smallest absolute Gasteiger partial charge is 0.200 e. The molecular formula is C7H14O7. The zero-order valence-electron chi connectivity index (χ0n) is 7.37. The summed E-state index contributed by atoms with van der Waals surface area (Å²) >= 11 is 0. The number of carbonyl (C=O) groups excluding carboxylic acids is 1. The minimum atomic E-state index is -2.50. The summed E-state index contributed by atoms with van der Waals surface area (Å²) in [5.41, 5.74) is -2.50. The molecule has 0 rings (SSSR count). The highest BCUT2D eigenvalue weighted by atomic mass is 16.4. The average Bonchev–Trinajstić information content (AvgIpc) is 2.24. The summed E-state index contributed by atoms with van der Waals surface area (Å²) < 4.78 is 0. The van der Waals surface area contributed by atoms with Gasteiger partial charge in [0.15, 0.2) is 11.4 Å². The van der Waals surface area contributed by atoms with E-state index in [1.54, 1.807) is 0 Å². The lowest BCUT2D eigenvalue weighted by Crippen LogP contribution is -2.54. The van der Waals surface area contributed by atoms with Gasteiger partial charge >= 0.3 is 0 Å². The number of Topliss-reactive ketones (excluding diaryl/α,β-unsaturated/α-hetero) is 1. The van der Waals surface area contributed by atoms with E-state index < -0.39 is 43.4 Å². The largest absolute Gasteiger partial charge is 0.394 e. The zero-order valence-corrected chi connectivity index (χ0v) is 7.37. The van der Waals surface area contributed by atoms with Gasteiger partial charge in [-0.15, -0.1) is 0 Å². The van der Waals surface area contributed by atoms with Gasteiger partial charge in [0.1, 0.15) is 12.2 Å². The van der Waals surface area contributed by atoms with Crippen molar-refractivity contribution in [2.24, 2.45) is 0 Å². The van der Waals surface area contributed by atoms with Gasteiger partial charge in [-0.3, -0.25) is 4.79 Å². The molecule has 14 heavy (non-hydrogen) atoms. The van der Waals surface area contributed by atoms with Crippen LogP contribution in [0, 0.1) is 0 Å². The minimum absolute atomic E-state index is 0.875. The Labute approximate surface area is 79.9 Å². The molecule has 2 unspecified atom stereocenters. The fourth-order valence-electron chi connectivity index (χ4n) is 0.756. The van der Waals surface area contributed by atoms with Crippen LogP contribution in [-0.4, -0.2) is 74.1 Å². The highest BCUT2D eigenvalue weighted by Crippen LogP contribution is 2.09. The van der Waals surface area contributed by atoms with Gasteiger partial charge in [0, 0.05) is 0 Å². The number of ketones is 1. The Morgan fingerprint density at radius 3 is 1.86 bits per heavy atom. The van der Waals surface area contributed by atoms with Crippen LogP contribution in [-0.2, 0) is 4.79 Å². The number of aliphatic hydroxyl groups is 6. The van der Waals surface area contributed by atoms with Crippen LogP contribution in [0.2, 0.25) is 0 Å². The molecule has 0 radical (unpaired) electrons. The molecule has 84 valence electrons. The van der Waals surface area contributed by atoms with Gasteiger partial charge in [-0.05, 0) is 0 Å². The Balaban J connectivity index is 4.59. The van der Waals surface area contributed by atoms with E-state index in [0.29, 0.717) is 0 Å². The molecule has 7 heteroatoms. The first-order valence-electron chi connectivity index (χ1n) is 3.88. The summed E-state index contributed by atoms with van der Waals surface area (Å²) in [6.45, 7) is -3.05. The Kier molecular flexibility index (Phi) is 5.13. The van der Waals surface area contributed by atoms with Crippen LogP contribution >= 0.6 is 0 Å². The number of hydrogen-bond donors (Lipinski definition) is 6. The number of aliphatic hydroxyl groups excluding tert-OH is 5. The molecule has 0 aliphatic heterocycles. The predicted octanol–water partition coefficient (Wildman–Crippen LogP) is -4.01. The molecule has 7 nitrogen and oxygen atoms in total. The van der Waals surface area contributed by atoms with Crippen molar-refractivity contribution in [1.29, 1.82) is 0 Å². The highest BCUT2D eigenvalue weighted by Gasteiger charge is 2.41. The van der Waals surface area contributed by atoms with Crippen molar-refractivity contribution in [3.63, 3.8) is 0 Å². The average molecular weight is 210 g/mol. The van der Waals surface area contributed by atoms with Crippen LogP contribution in [0.15, 0.2) is 0 Å². The maximum atomic E-state index is 11.1. The Morgan fingerprint density at radius 1 is 1.14 bits per heavy atom. The van der Waals surface area contributed by atoms with Gasteiger partial charge in [0.05, 0.1) is 19.8 Å². The van der Waals surface area contributed by atoms with Crippen LogP contribution in [0.5, 0.6) is 0 Å². The van der Waals surface area contributed by atoms with Gasteiger partial charge in [0.25, 0.3) is 0 Å². The van der Waals surface area contributed by atoms with E-state index in [1.807, 2.05) is 0 Å². The van der Waals surface area contributed by atoms with E-state index in [4.69, 9.17) is 25.5 Å². The fraction of sp³-hybridized carbons (Fsp3) is 0.857. The quantitative estimate of drug-likeness (QED) is 0.262. The number of rotatable bonds is 6. The van der Waals surface area contributed by atoms with Gasteiger partial charge in [-0.25, -0.2) is 0 Å². The van der Waals surface area contributed by atoms with Gasteiger partial charge < -0.3 is 30.6 Å². The topological polar surface area (TPSA) is 138 Å². The van der Waals surface area contributed by atoms with E-state index in [1.165, 1.54) is 0 Å². The maximum Gasteiger partial charge on any atom is 0.200 e. The lowest BCUT2D eigenvalue weighted by atomic mass is 9.94. The van der Waals surface area contributed by atoms with E-state index in [2.05, 4.69) is 0 Å². The first-order valence-corrected chi connectivity index (χ1v) is 3.88. The van der Waals surface area contributed by atoms with Crippen LogP contribution in [0.3, 0.4) is 0 Å². The van der Waals surface area contributed by atoms with E-state index in [-0.39, 0.29) is 0 Å². The molecule has 0 fully saturated rings. The molecule has 0 aromatic carbocycles. The van der Waals surface area contributed by atoms with Crippen molar-refractivity contribution in [2.75, 3.05) is 19.8 Å². The standard InChI is InChI=1S/C7H14O7/c8-1-4(11)5(12)6(13)7(14,2-9)3-10/h4-5,8-12,14H,1-3H2. The Bertz CT molecular complexity index is 188. The Morgan fingerprint density at radius 2 is 1.57 bits per heavy atom. The fourth-order valence-corrected chi connectivity index (χ4v) is 0.756. The van der Waals surface area contributed by atoms with Crippen molar-refractivity contribution in [1.82, 2.24) is 0 Å². The number of hydrogen-bond acceptors (Lipinski definition) is 7. The molecule has 0 heterocycles. The molecule has 0 amide bonds. The molecule has 0 aromatic heterocycles. The second-order valence-electron chi connectivity index (χ2n) is 2.91. The molecule has 0 saturated heterocycles. The first-order chi connectivity index (χ1) is 6.42. The highest BCUT2D eigenvalue weighted by molar-refractivity contribution is 5.91. The lowest BCUT2D eigenvalue weighted by molar-refractivity contribution is -0.162. The van der Waals surface area contributed by atoms with Crippen LogP contribution in [0.4, 0.5) is 0 Å². The monoisotopic (exact) mass is 210 g/mol. The normalized spacial score (nSPS) is 16.4. The molecule has 0 saturated carbocycles. The molecule has 6 N–H and O–H groups in total. The molecule has 0 aromatic rings.